The molecule has 1 rings (SSSR count). The number of carbonyl (C=O) groups excluding carboxylic acids is 1. The van der Waals surface area contributed by atoms with Crippen LogP contribution in [0.3, 0.4) is 0 Å². The summed E-state index contributed by atoms with van der Waals surface area (Å²) in [5.74, 6) is -0.267. The van der Waals surface area contributed by atoms with Gasteiger partial charge in [0, 0.05) is 12.0 Å². The van der Waals surface area contributed by atoms with Gasteiger partial charge < -0.3 is 16.2 Å². The molecule has 1 aromatic carbocycles. The molecule has 0 aliphatic rings. The Labute approximate surface area is 118 Å². The van der Waals surface area contributed by atoms with Gasteiger partial charge in [0.15, 0.2) is 0 Å². The van der Waals surface area contributed by atoms with E-state index >= 15 is 0 Å². The van der Waals surface area contributed by atoms with Gasteiger partial charge in [-0.05, 0) is 25.0 Å². The van der Waals surface area contributed by atoms with Crippen molar-refractivity contribution in [2.45, 2.75) is 26.7 Å². The third kappa shape index (κ3) is 3.61. The second-order valence-electron chi connectivity index (χ2n) is 4.76. The second-order valence-corrected chi connectivity index (χ2v) is 5.13. The van der Waals surface area contributed by atoms with Gasteiger partial charge >= 0.3 is 0 Å². The van der Waals surface area contributed by atoms with Crippen molar-refractivity contribution in [3.05, 3.63) is 28.8 Å². The van der Waals surface area contributed by atoms with Crippen LogP contribution in [0.1, 0.15) is 37.0 Å². The molecule has 1 amide bonds. The fourth-order valence-corrected chi connectivity index (χ4v) is 2.08. The van der Waals surface area contributed by atoms with E-state index in [-0.39, 0.29) is 23.0 Å². The molecule has 4 nitrogen and oxygen atoms in total. The Morgan fingerprint density at radius 2 is 2.05 bits per heavy atom. The number of hydrogen-bond acceptors (Lipinski definition) is 3. The third-order valence-corrected chi connectivity index (χ3v) is 4.15. The van der Waals surface area contributed by atoms with E-state index in [2.05, 4.69) is 5.32 Å². The van der Waals surface area contributed by atoms with Crippen LogP contribution in [0.15, 0.2) is 18.2 Å². The highest BCUT2D eigenvalue weighted by atomic mass is 35.5. The fraction of sp³-hybridized carbons (Fsp3) is 0.500. The molecule has 1 aromatic rings. The first kappa shape index (κ1) is 15.8. The molecule has 0 saturated heterocycles. The summed E-state index contributed by atoms with van der Waals surface area (Å²) in [5.41, 5.74) is 6.14. The number of rotatable bonds is 6. The zero-order chi connectivity index (χ0) is 14.5. The summed E-state index contributed by atoms with van der Waals surface area (Å²) in [7, 11) is 0. The van der Waals surface area contributed by atoms with E-state index in [1.807, 2.05) is 13.8 Å². The molecule has 19 heavy (non-hydrogen) atoms. The van der Waals surface area contributed by atoms with Gasteiger partial charge in [0.05, 0.1) is 22.9 Å². The van der Waals surface area contributed by atoms with Gasteiger partial charge in [-0.15, -0.1) is 0 Å². The molecule has 0 spiro atoms. The van der Waals surface area contributed by atoms with E-state index in [4.69, 9.17) is 17.3 Å². The maximum atomic E-state index is 12.1. The summed E-state index contributed by atoms with van der Waals surface area (Å²) in [4.78, 5) is 12.1. The van der Waals surface area contributed by atoms with Crippen LogP contribution in [0.5, 0.6) is 0 Å². The van der Waals surface area contributed by atoms with Crippen molar-refractivity contribution in [2.75, 3.05) is 18.9 Å². The van der Waals surface area contributed by atoms with Gasteiger partial charge in [0.2, 0.25) is 0 Å². The molecule has 0 saturated carbocycles. The van der Waals surface area contributed by atoms with E-state index in [1.165, 1.54) is 0 Å². The van der Waals surface area contributed by atoms with Gasteiger partial charge in [-0.1, -0.05) is 31.5 Å². The van der Waals surface area contributed by atoms with E-state index in [9.17, 15) is 9.90 Å². The highest BCUT2D eigenvalue weighted by Gasteiger charge is 2.26. The fourth-order valence-electron chi connectivity index (χ4n) is 1.87. The Hall–Kier alpha value is -1.26. The summed E-state index contributed by atoms with van der Waals surface area (Å²) < 4.78 is 0. The topological polar surface area (TPSA) is 75.3 Å². The highest BCUT2D eigenvalue weighted by molar-refractivity contribution is 6.36. The van der Waals surface area contributed by atoms with Crippen LogP contribution in [-0.4, -0.2) is 24.2 Å². The number of amides is 1. The maximum Gasteiger partial charge on any atom is 0.252 e. The lowest BCUT2D eigenvalue weighted by Crippen LogP contribution is -2.39. The average molecular weight is 285 g/mol. The van der Waals surface area contributed by atoms with Crippen molar-refractivity contribution < 1.29 is 9.90 Å². The Bertz CT molecular complexity index is 437. The molecule has 0 fully saturated rings. The van der Waals surface area contributed by atoms with Gasteiger partial charge in [0.25, 0.3) is 5.91 Å². The second kappa shape index (κ2) is 6.78. The number of nitrogens with one attached hydrogen (secondary N) is 1. The summed E-state index contributed by atoms with van der Waals surface area (Å²) in [6, 6.07) is 4.97. The summed E-state index contributed by atoms with van der Waals surface area (Å²) in [6.07, 6.45) is 1.59. The minimum Gasteiger partial charge on any atom is -0.398 e. The molecule has 4 N–H and O–H groups in total. The number of hydrogen-bond donors (Lipinski definition) is 3. The maximum absolute atomic E-state index is 12.1. The van der Waals surface area contributed by atoms with Crippen LogP contribution in [-0.2, 0) is 0 Å². The Morgan fingerprint density at radius 1 is 1.42 bits per heavy atom. The Morgan fingerprint density at radius 3 is 2.58 bits per heavy atom. The molecule has 0 unspecified atom stereocenters. The summed E-state index contributed by atoms with van der Waals surface area (Å²) in [6.45, 7) is 4.46. The lowest BCUT2D eigenvalue weighted by molar-refractivity contribution is 0.0851. The van der Waals surface area contributed by atoms with Crippen molar-refractivity contribution in [3.8, 4) is 0 Å². The first-order valence-corrected chi connectivity index (χ1v) is 6.80. The minimum atomic E-state index is -0.275. The number of carbonyl (C=O) groups is 1. The first-order chi connectivity index (χ1) is 8.99. The predicted octanol–water partition coefficient (Wildman–Crippen LogP) is 2.45. The number of nitrogen functional groups attached to an aromatic ring is 1. The van der Waals surface area contributed by atoms with Crippen molar-refractivity contribution >= 4 is 23.2 Å². The molecule has 0 radical (unpaired) electrons. The first-order valence-electron chi connectivity index (χ1n) is 6.42. The molecule has 5 heteroatoms. The van der Waals surface area contributed by atoms with Crippen molar-refractivity contribution in [3.63, 3.8) is 0 Å². The zero-order valence-corrected chi connectivity index (χ0v) is 12.1. The average Bonchev–Trinajstić information content (AvgIpc) is 2.44. The van der Waals surface area contributed by atoms with E-state index < -0.39 is 0 Å². The number of halogens is 1. The Kier molecular flexibility index (Phi) is 5.63. The molecular formula is C14H21ClN2O2. The van der Waals surface area contributed by atoms with Crippen LogP contribution in [0.25, 0.3) is 0 Å². The molecule has 0 bridgehead atoms. The molecular weight excluding hydrogens is 264 g/mol. The lowest BCUT2D eigenvalue weighted by atomic mass is 9.83. The van der Waals surface area contributed by atoms with Crippen molar-refractivity contribution in [1.29, 1.82) is 0 Å². The van der Waals surface area contributed by atoms with E-state index in [0.717, 1.165) is 12.8 Å². The number of benzene rings is 1. The van der Waals surface area contributed by atoms with Crippen LogP contribution < -0.4 is 11.1 Å². The molecule has 0 heterocycles. The monoisotopic (exact) mass is 284 g/mol. The summed E-state index contributed by atoms with van der Waals surface area (Å²) >= 11 is 6.00. The van der Waals surface area contributed by atoms with E-state index in [0.29, 0.717) is 17.8 Å². The van der Waals surface area contributed by atoms with Gasteiger partial charge in [-0.3, -0.25) is 4.79 Å². The number of nitrogens with two attached hydrogens (primary N) is 1. The lowest BCUT2D eigenvalue weighted by Gasteiger charge is -2.29. The van der Waals surface area contributed by atoms with Crippen LogP contribution in [0.2, 0.25) is 5.02 Å². The standard InChI is InChI=1S/C14H21ClN2O2/c1-3-14(4-2,9-18)8-17-13(19)10-6-5-7-11(16)12(10)15/h5-7,18H,3-4,8-9,16H2,1-2H3,(H,17,19). The molecule has 106 valence electrons. The number of aliphatic hydroxyl groups excluding tert-OH is 1. The van der Waals surface area contributed by atoms with Gasteiger partial charge in [0.1, 0.15) is 0 Å². The van der Waals surface area contributed by atoms with Gasteiger partial charge in [-0.2, -0.15) is 0 Å². The quantitative estimate of drug-likeness (QED) is 0.702. The van der Waals surface area contributed by atoms with Crippen LogP contribution in [0.4, 0.5) is 5.69 Å². The molecule has 0 atom stereocenters. The summed E-state index contributed by atoms with van der Waals surface area (Å²) in [5, 5.41) is 12.5. The predicted molar refractivity (Wildman–Crippen MR) is 78.3 cm³/mol. The zero-order valence-electron chi connectivity index (χ0n) is 11.4. The SMILES string of the molecule is CCC(CC)(CO)CNC(=O)c1cccc(N)c1Cl. The van der Waals surface area contributed by atoms with E-state index in [1.54, 1.807) is 18.2 Å². The highest BCUT2D eigenvalue weighted by Crippen LogP contribution is 2.26. The van der Waals surface area contributed by atoms with Crippen molar-refractivity contribution in [2.24, 2.45) is 5.41 Å². The Balaban J connectivity index is 2.78. The smallest absolute Gasteiger partial charge is 0.252 e. The third-order valence-electron chi connectivity index (χ3n) is 3.73. The van der Waals surface area contributed by atoms with Crippen molar-refractivity contribution in [1.82, 2.24) is 5.32 Å². The van der Waals surface area contributed by atoms with Crippen LogP contribution >= 0.6 is 11.6 Å². The van der Waals surface area contributed by atoms with Gasteiger partial charge in [-0.25, -0.2) is 0 Å². The largest absolute Gasteiger partial charge is 0.398 e. The molecule has 0 aromatic heterocycles. The number of aliphatic hydroxyl groups is 1. The molecule has 0 aliphatic heterocycles. The normalized spacial score (nSPS) is 11.4. The molecule has 0 aliphatic carbocycles. The minimum absolute atomic E-state index is 0.0466. The number of anilines is 1. The van der Waals surface area contributed by atoms with Crippen LogP contribution in [0, 0.1) is 5.41 Å².